The molecule has 1 aromatic rings. The zero-order valence-corrected chi connectivity index (χ0v) is 16.2. The minimum absolute atomic E-state index is 0.248. The van der Waals surface area contributed by atoms with Gasteiger partial charge in [-0.15, -0.1) is 0 Å². The van der Waals surface area contributed by atoms with E-state index in [4.69, 9.17) is 0 Å². The summed E-state index contributed by atoms with van der Waals surface area (Å²) in [6.07, 6.45) is 3.90. The van der Waals surface area contributed by atoms with E-state index in [1.165, 1.54) is 4.90 Å². The molecule has 2 rings (SSSR count). The van der Waals surface area contributed by atoms with Gasteiger partial charge in [-0.2, -0.15) is 0 Å². The van der Waals surface area contributed by atoms with Crippen LogP contribution in [0.25, 0.3) is 0 Å². The number of aryl methyl sites for hydroxylation is 2. The molecule has 0 aromatic heterocycles. The molecule has 0 radical (unpaired) electrons. The van der Waals surface area contributed by atoms with Crippen molar-refractivity contribution in [3.05, 3.63) is 29.3 Å². The Bertz CT molecular complexity index is 712. The number of anilines is 1. The summed E-state index contributed by atoms with van der Waals surface area (Å²) in [4.78, 5) is 14.2. The average Bonchev–Trinajstić information content (AvgIpc) is 2.50. The molecule has 2 atom stereocenters. The third kappa shape index (κ3) is 4.95. The van der Waals surface area contributed by atoms with E-state index in [0.29, 0.717) is 12.1 Å². The monoisotopic (exact) mass is 368 g/mol. The second-order valence-electron chi connectivity index (χ2n) is 7.04. The van der Waals surface area contributed by atoms with Gasteiger partial charge in [0.2, 0.25) is 15.9 Å². The number of hydrogen-bond donors (Lipinski definition) is 1. The lowest BCUT2D eigenvalue weighted by Crippen LogP contribution is -2.50. The van der Waals surface area contributed by atoms with Crippen LogP contribution in [0, 0.1) is 13.8 Å². The van der Waals surface area contributed by atoms with E-state index in [9.17, 15) is 18.3 Å². The van der Waals surface area contributed by atoms with Gasteiger partial charge in [-0.3, -0.25) is 9.10 Å². The van der Waals surface area contributed by atoms with Gasteiger partial charge in [-0.1, -0.05) is 18.9 Å². The number of sulfonamides is 1. The normalized spacial score (nSPS) is 21.0. The molecule has 2 unspecified atom stereocenters. The first kappa shape index (κ1) is 19.7. The third-order valence-corrected chi connectivity index (χ3v) is 5.90. The standard InChI is InChI=1S/C18H28N2O4S/c1-13-9-14(2)11-15(10-13)20(25(4,23)24)12-18(22)19(3)16-7-5-6-8-17(16)21/h9-11,16-17,21H,5-8,12H2,1-4H3. The summed E-state index contributed by atoms with van der Waals surface area (Å²) < 4.78 is 25.7. The topological polar surface area (TPSA) is 77.9 Å². The molecule has 6 nitrogen and oxygen atoms in total. The zero-order chi connectivity index (χ0) is 18.8. The van der Waals surface area contributed by atoms with Crippen molar-refractivity contribution in [2.75, 3.05) is 24.2 Å². The number of likely N-dealkylation sites (N-methyl/N-ethyl adjacent to an activating group) is 1. The number of aliphatic hydroxyl groups excluding tert-OH is 1. The van der Waals surface area contributed by atoms with E-state index in [1.807, 2.05) is 19.9 Å². The van der Waals surface area contributed by atoms with E-state index >= 15 is 0 Å². The first-order chi connectivity index (χ1) is 11.6. The Kier molecular flexibility index (Phi) is 6.11. The van der Waals surface area contributed by atoms with Crippen molar-refractivity contribution in [1.82, 2.24) is 4.90 Å². The minimum Gasteiger partial charge on any atom is -0.391 e. The molecular weight excluding hydrogens is 340 g/mol. The number of benzene rings is 1. The maximum atomic E-state index is 12.7. The molecule has 25 heavy (non-hydrogen) atoms. The summed E-state index contributed by atoms with van der Waals surface area (Å²) in [7, 11) is -1.96. The van der Waals surface area contributed by atoms with Crippen molar-refractivity contribution >= 4 is 21.6 Å². The van der Waals surface area contributed by atoms with Gasteiger partial charge >= 0.3 is 0 Å². The van der Waals surface area contributed by atoms with Gasteiger partial charge in [0.25, 0.3) is 0 Å². The summed E-state index contributed by atoms with van der Waals surface area (Å²) >= 11 is 0. The largest absolute Gasteiger partial charge is 0.391 e. The van der Waals surface area contributed by atoms with Crippen LogP contribution in [-0.4, -0.2) is 56.3 Å². The maximum Gasteiger partial charge on any atom is 0.243 e. The van der Waals surface area contributed by atoms with Gasteiger partial charge in [0.15, 0.2) is 0 Å². The molecule has 1 amide bonds. The highest BCUT2D eigenvalue weighted by atomic mass is 32.2. The molecule has 1 N–H and O–H groups in total. The fraction of sp³-hybridized carbons (Fsp3) is 0.611. The lowest BCUT2D eigenvalue weighted by molar-refractivity contribution is -0.133. The van der Waals surface area contributed by atoms with Crippen LogP contribution in [0.4, 0.5) is 5.69 Å². The van der Waals surface area contributed by atoms with Crippen molar-refractivity contribution in [3.63, 3.8) is 0 Å². The summed E-state index contributed by atoms with van der Waals surface area (Å²) in [5.74, 6) is -0.310. The van der Waals surface area contributed by atoms with Crippen LogP contribution in [-0.2, 0) is 14.8 Å². The van der Waals surface area contributed by atoms with E-state index < -0.39 is 16.1 Å². The Morgan fingerprint density at radius 1 is 1.16 bits per heavy atom. The van der Waals surface area contributed by atoms with Crippen LogP contribution in [0.1, 0.15) is 36.8 Å². The Balaban J connectivity index is 2.23. The number of nitrogens with zero attached hydrogens (tertiary/aromatic N) is 2. The van der Waals surface area contributed by atoms with Crippen LogP contribution in [0.15, 0.2) is 18.2 Å². The number of amides is 1. The Morgan fingerprint density at radius 2 is 1.72 bits per heavy atom. The van der Waals surface area contributed by atoms with Gasteiger partial charge in [0, 0.05) is 7.05 Å². The summed E-state index contributed by atoms with van der Waals surface area (Å²) in [6.45, 7) is 3.52. The quantitative estimate of drug-likeness (QED) is 0.860. The van der Waals surface area contributed by atoms with E-state index in [0.717, 1.165) is 41.0 Å². The van der Waals surface area contributed by atoms with Crippen LogP contribution in [0.2, 0.25) is 0 Å². The number of carbonyl (C=O) groups is 1. The second-order valence-corrected chi connectivity index (χ2v) is 8.95. The van der Waals surface area contributed by atoms with E-state index in [1.54, 1.807) is 19.2 Å². The third-order valence-electron chi connectivity index (χ3n) is 4.76. The van der Waals surface area contributed by atoms with Crippen molar-refractivity contribution < 1.29 is 18.3 Å². The van der Waals surface area contributed by atoms with Gasteiger partial charge in [0.05, 0.1) is 24.1 Å². The lowest BCUT2D eigenvalue weighted by Gasteiger charge is -2.36. The SMILES string of the molecule is Cc1cc(C)cc(N(CC(=O)N(C)C2CCCCC2O)S(C)(=O)=O)c1. The number of aliphatic hydroxyl groups is 1. The minimum atomic E-state index is -3.60. The highest BCUT2D eigenvalue weighted by molar-refractivity contribution is 7.92. The smallest absolute Gasteiger partial charge is 0.243 e. The average molecular weight is 368 g/mol. The molecule has 1 aliphatic carbocycles. The van der Waals surface area contributed by atoms with Gasteiger partial charge in [0.1, 0.15) is 6.54 Å². The first-order valence-corrected chi connectivity index (χ1v) is 10.4. The molecule has 140 valence electrons. The molecule has 7 heteroatoms. The van der Waals surface area contributed by atoms with E-state index in [-0.39, 0.29) is 18.5 Å². The molecule has 1 aliphatic rings. The zero-order valence-electron chi connectivity index (χ0n) is 15.4. The summed E-state index contributed by atoms with van der Waals surface area (Å²) in [5.41, 5.74) is 2.37. The van der Waals surface area contributed by atoms with Crippen molar-refractivity contribution in [3.8, 4) is 0 Å². The fourth-order valence-electron chi connectivity index (χ4n) is 3.46. The van der Waals surface area contributed by atoms with Crippen molar-refractivity contribution in [2.24, 2.45) is 0 Å². The van der Waals surface area contributed by atoms with Crippen molar-refractivity contribution in [1.29, 1.82) is 0 Å². The van der Waals surface area contributed by atoms with Crippen molar-refractivity contribution in [2.45, 2.75) is 51.7 Å². The summed E-state index contributed by atoms with van der Waals surface area (Å²) in [6, 6.07) is 5.23. The van der Waals surface area contributed by atoms with Gasteiger partial charge in [-0.05, 0) is 49.9 Å². The molecule has 0 saturated heterocycles. The molecule has 1 saturated carbocycles. The number of hydrogen-bond acceptors (Lipinski definition) is 4. The second kappa shape index (κ2) is 7.74. The Labute approximate surface area is 150 Å². The van der Waals surface area contributed by atoms with Gasteiger partial charge in [-0.25, -0.2) is 8.42 Å². The van der Waals surface area contributed by atoms with Crippen LogP contribution in [0.3, 0.4) is 0 Å². The first-order valence-electron chi connectivity index (χ1n) is 8.59. The molecule has 1 aromatic carbocycles. The predicted molar refractivity (Wildman–Crippen MR) is 99.1 cm³/mol. The summed E-state index contributed by atoms with van der Waals surface area (Å²) in [5, 5.41) is 10.1. The molecule has 1 fully saturated rings. The fourth-order valence-corrected chi connectivity index (χ4v) is 4.29. The maximum absolute atomic E-state index is 12.7. The Morgan fingerprint density at radius 3 is 2.24 bits per heavy atom. The van der Waals surface area contributed by atoms with Gasteiger partial charge < -0.3 is 10.0 Å². The molecular formula is C18H28N2O4S. The molecule has 0 bridgehead atoms. The van der Waals surface area contributed by atoms with Crippen LogP contribution in [0.5, 0.6) is 0 Å². The van der Waals surface area contributed by atoms with Crippen LogP contribution < -0.4 is 4.31 Å². The van der Waals surface area contributed by atoms with E-state index in [2.05, 4.69) is 0 Å². The molecule has 0 aliphatic heterocycles. The molecule has 0 heterocycles. The van der Waals surface area contributed by atoms with Crippen LogP contribution >= 0.6 is 0 Å². The highest BCUT2D eigenvalue weighted by Gasteiger charge is 2.31. The molecule has 0 spiro atoms. The Hall–Kier alpha value is -1.60. The predicted octanol–water partition coefficient (Wildman–Crippen LogP) is 1.83. The lowest BCUT2D eigenvalue weighted by atomic mass is 9.91. The highest BCUT2D eigenvalue weighted by Crippen LogP contribution is 2.24. The number of carbonyl (C=O) groups excluding carboxylic acids is 1. The number of rotatable bonds is 5.